The van der Waals surface area contributed by atoms with Gasteiger partial charge in [-0.3, -0.25) is 5.32 Å². The first-order valence-electron chi connectivity index (χ1n) is 4.88. The Morgan fingerprint density at radius 1 is 1.28 bits per heavy atom. The van der Waals surface area contributed by atoms with Gasteiger partial charge in [0, 0.05) is 5.02 Å². The number of aromatic nitrogens is 2. The second kappa shape index (κ2) is 5.51. The van der Waals surface area contributed by atoms with Crippen molar-refractivity contribution in [2.45, 2.75) is 6.92 Å². The van der Waals surface area contributed by atoms with Gasteiger partial charge in [-0.2, -0.15) is 0 Å². The summed E-state index contributed by atoms with van der Waals surface area (Å²) < 4.78 is 0. The molecule has 0 bridgehead atoms. The molecule has 0 aliphatic heterocycles. The van der Waals surface area contributed by atoms with Crippen LogP contribution < -0.4 is 10.6 Å². The lowest BCUT2D eigenvalue weighted by Crippen LogP contribution is -2.19. The first-order valence-corrected chi connectivity index (χ1v) is 6.45. The Morgan fingerprint density at radius 3 is 2.67 bits per heavy atom. The Bertz CT molecular complexity index is 587. The van der Waals surface area contributed by atoms with Gasteiger partial charge in [0.15, 0.2) is 0 Å². The van der Waals surface area contributed by atoms with Crippen molar-refractivity contribution in [3.05, 3.63) is 33.3 Å². The molecule has 18 heavy (non-hydrogen) atoms. The zero-order valence-corrected chi connectivity index (χ0v) is 11.5. The molecule has 0 aliphatic rings. The summed E-state index contributed by atoms with van der Waals surface area (Å²) in [6.45, 7) is 1.80. The van der Waals surface area contributed by atoms with E-state index in [0.29, 0.717) is 20.9 Å². The first-order chi connectivity index (χ1) is 8.54. The molecule has 8 heteroatoms. The van der Waals surface area contributed by atoms with E-state index in [2.05, 4.69) is 20.8 Å². The number of hydrogen-bond acceptors (Lipinski definition) is 4. The van der Waals surface area contributed by atoms with Crippen molar-refractivity contribution in [2.24, 2.45) is 0 Å². The fraction of sp³-hybridized carbons (Fsp3) is 0.100. The Kier molecular flexibility index (Phi) is 4.00. The van der Waals surface area contributed by atoms with Crippen molar-refractivity contribution < 1.29 is 4.79 Å². The van der Waals surface area contributed by atoms with Crippen LogP contribution in [0.1, 0.15) is 5.01 Å². The molecule has 0 radical (unpaired) electrons. The average Bonchev–Trinajstić information content (AvgIpc) is 2.68. The van der Waals surface area contributed by atoms with Gasteiger partial charge in [-0.1, -0.05) is 34.5 Å². The molecule has 2 N–H and O–H groups in total. The Labute approximate surface area is 117 Å². The monoisotopic (exact) mass is 302 g/mol. The van der Waals surface area contributed by atoms with Crippen molar-refractivity contribution >= 4 is 51.4 Å². The highest BCUT2D eigenvalue weighted by molar-refractivity contribution is 7.15. The molecule has 2 rings (SSSR count). The van der Waals surface area contributed by atoms with E-state index in [1.165, 1.54) is 11.3 Å². The van der Waals surface area contributed by atoms with Gasteiger partial charge in [-0.25, -0.2) is 4.79 Å². The predicted molar refractivity (Wildman–Crippen MR) is 73.7 cm³/mol. The molecule has 0 spiro atoms. The van der Waals surface area contributed by atoms with Gasteiger partial charge in [-0.05, 0) is 25.1 Å². The maximum atomic E-state index is 11.7. The highest BCUT2D eigenvalue weighted by atomic mass is 35.5. The van der Waals surface area contributed by atoms with Crippen LogP contribution in [0.5, 0.6) is 0 Å². The quantitative estimate of drug-likeness (QED) is 0.886. The summed E-state index contributed by atoms with van der Waals surface area (Å²) in [6, 6.07) is 4.37. The van der Waals surface area contributed by atoms with Crippen LogP contribution in [0.15, 0.2) is 18.2 Å². The van der Waals surface area contributed by atoms with Gasteiger partial charge in [0.05, 0.1) is 10.7 Å². The molecule has 0 saturated heterocycles. The summed E-state index contributed by atoms with van der Waals surface area (Å²) in [5.74, 6) is 0. The lowest BCUT2D eigenvalue weighted by Gasteiger charge is -2.07. The third kappa shape index (κ3) is 3.32. The van der Waals surface area contributed by atoms with E-state index in [1.807, 2.05) is 0 Å². The highest BCUT2D eigenvalue weighted by Gasteiger charge is 2.08. The van der Waals surface area contributed by atoms with E-state index in [4.69, 9.17) is 23.2 Å². The third-order valence-corrected chi connectivity index (χ3v) is 3.23. The molecule has 0 fully saturated rings. The number of amides is 2. The van der Waals surface area contributed by atoms with Crippen LogP contribution in [0.4, 0.5) is 15.6 Å². The number of nitrogens with zero attached hydrogens (tertiary/aromatic N) is 2. The Balaban J connectivity index is 2.03. The van der Waals surface area contributed by atoms with Gasteiger partial charge < -0.3 is 5.32 Å². The summed E-state index contributed by atoms with van der Waals surface area (Å²) >= 11 is 13.0. The second-order valence-corrected chi connectivity index (χ2v) is 5.35. The number of aryl methyl sites for hydroxylation is 1. The van der Waals surface area contributed by atoms with E-state index in [0.717, 1.165) is 5.01 Å². The molecule has 0 atom stereocenters. The minimum absolute atomic E-state index is 0.367. The van der Waals surface area contributed by atoms with E-state index in [1.54, 1.807) is 25.1 Å². The molecule has 1 aromatic carbocycles. The Morgan fingerprint density at radius 2 is 2.06 bits per heavy atom. The van der Waals surface area contributed by atoms with Gasteiger partial charge >= 0.3 is 6.03 Å². The van der Waals surface area contributed by atoms with E-state index in [-0.39, 0.29) is 0 Å². The minimum atomic E-state index is -0.435. The van der Waals surface area contributed by atoms with Crippen molar-refractivity contribution in [3.8, 4) is 0 Å². The van der Waals surface area contributed by atoms with Crippen LogP contribution in [-0.4, -0.2) is 16.2 Å². The summed E-state index contributed by atoms with van der Waals surface area (Å²) in [5.41, 5.74) is 0.472. The van der Waals surface area contributed by atoms with Crippen LogP contribution in [0, 0.1) is 6.92 Å². The van der Waals surface area contributed by atoms with Crippen LogP contribution in [0.2, 0.25) is 10.0 Å². The topological polar surface area (TPSA) is 66.9 Å². The number of halogens is 2. The number of hydrogen-bond donors (Lipinski definition) is 2. The number of carbonyl (C=O) groups excluding carboxylic acids is 1. The van der Waals surface area contributed by atoms with Gasteiger partial charge in [0.25, 0.3) is 0 Å². The number of benzene rings is 1. The summed E-state index contributed by atoms with van der Waals surface area (Å²) in [6.07, 6.45) is 0. The third-order valence-electron chi connectivity index (χ3n) is 1.93. The van der Waals surface area contributed by atoms with Crippen molar-refractivity contribution in [2.75, 3.05) is 10.6 Å². The fourth-order valence-corrected chi connectivity index (χ4v) is 2.23. The van der Waals surface area contributed by atoms with Crippen molar-refractivity contribution in [1.82, 2.24) is 10.2 Å². The summed E-state index contributed by atoms with van der Waals surface area (Å²) in [7, 11) is 0. The average molecular weight is 303 g/mol. The maximum Gasteiger partial charge on any atom is 0.325 e. The van der Waals surface area contributed by atoms with Crippen molar-refractivity contribution in [1.29, 1.82) is 0 Å². The van der Waals surface area contributed by atoms with Crippen LogP contribution >= 0.6 is 34.5 Å². The second-order valence-electron chi connectivity index (χ2n) is 3.33. The van der Waals surface area contributed by atoms with Crippen LogP contribution in [-0.2, 0) is 0 Å². The fourth-order valence-electron chi connectivity index (χ4n) is 1.19. The Hall–Kier alpha value is -1.37. The predicted octanol–water partition coefficient (Wildman–Crippen LogP) is 3.80. The number of rotatable bonds is 2. The molecule has 1 heterocycles. The smallest absolute Gasteiger partial charge is 0.306 e. The highest BCUT2D eigenvalue weighted by Crippen LogP contribution is 2.25. The van der Waals surface area contributed by atoms with Crippen LogP contribution in [0.25, 0.3) is 0 Å². The largest absolute Gasteiger partial charge is 0.325 e. The minimum Gasteiger partial charge on any atom is -0.306 e. The number of carbonyl (C=O) groups is 1. The van der Waals surface area contributed by atoms with Gasteiger partial charge in [0.1, 0.15) is 5.01 Å². The molecule has 0 unspecified atom stereocenters. The normalized spacial score (nSPS) is 10.2. The van der Waals surface area contributed by atoms with Crippen molar-refractivity contribution in [3.63, 3.8) is 0 Å². The molecule has 2 amide bonds. The summed E-state index contributed by atoms with van der Waals surface area (Å²) in [4.78, 5) is 11.7. The van der Waals surface area contributed by atoms with Crippen LogP contribution in [0.3, 0.4) is 0 Å². The SMILES string of the molecule is Cc1nnc(NC(=O)Nc2ccc(Cl)cc2Cl)s1. The number of nitrogens with one attached hydrogen (secondary N) is 2. The maximum absolute atomic E-state index is 11.7. The first kappa shape index (κ1) is 13.1. The molecule has 0 saturated carbocycles. The van der Waals surface area contributed by atoms with E-state index in [9.17, 15) is 4.79 Å². The lowest BCUT2D eigenvalue weighted by atomic mass is 10.3. The molecule has 1 aromatic heterocycles. The zero-order chi connectivity index (χ0) is 13.1. The van der Waals surface area contributed by atoms with E-state index >= 15 is 0 Å². The lowest BCUT2D eigenvalue weighted by molar-refractivity contribution is 0.262. The zero-order valence-electron chi connectivity index (χ0n) is 9.20. The molecule has 2 aromatic rings. The van der Waals surface area contributed by atoms with Gasteiger partial charge in [-0.15, -0.1) is 10.2 Å². The van der Waals surface area contributed by atoms with E-state index < -0.39 is 6.03 Å². The molecular formula is C10H8Cl2N4OS. The number of anilines is 2. The molecule has 0 aliphatic carbocycles. The summed E-state index contributed by atoms with van der Waals surface area (Å²) in [5, 5.41) is 14.8. The molecular weight excluding hydrogens is 295 g/mol. The van der Waals surface area contributed by atoms with Gasteiger partial charge in [0.2, 0.25) is 5.13 Å². The standard InChI is InChI=1S/C10H8Cl2N4OS/c1-5-15-16-10(18-5)14-9(17)13-8-3-2-6(11)4-7(8)12/h2-4H,1H3,(H2,13,14,16,17). The molecule has 5 nitrogen and oxygen atoms in total. The number of urea groups is 1. The molecule has 94 valence electrons.